The van der Waals surface area contributed by atoms with E-state index in [0.717, 1.165) is 10.9 Å². The van der Waals surface area contributed by atoms with Crippen molar-refractivity contribution >= 4 is 0 Å². The highest BCUT2D eigenvalue weighted by Crippen LogP contribution is 2.30. The average molecular weight is 287 g/mol. The van der Waals surface area contributed by atoms with Crippen LogP contribution in [0.3, 0.4) is 0 Å². The molecule has 0 fully saturated rings. The molecule has 0 aliphatic carbocycles. The normalized spacial score (nSPS) is 13.5. The summed E-state index contributed by atoms with van der Waals surface area (Å²) in [5.74, 6) is -0.624. The molecule has 0 saturated carbocycles. The summed E-state index contributed by atoms with van der Waals surface area (Å²) in [5.41, 5.74) is -0.363. The smallest absolute Gasteiger partial charge is 0.313 e. The molecule has 1 atom stereocenters. The first-order valence-corrected chi connectivity index (χ1v) is 5.92. The Hall–Kier alpha value is -1.89. The topological polar surface area (TPSA) is 29.9 Å². The lowest BCUT2D eigenvalue weighted by Crippen LogP contribution is -2.16. The van der Waals surface area contributed by atoms with E-state index in [2.05, 4.69) is 10.4 Å². The Labute approximate surface area is 113 Å². The minimum absolute atomic E-state index is 0.0184. The molecule has 0 saturated heterocycles. The SMILES string of the molecule is CNC(C)c1cccc(F)c1-n1cc(C(F)(F)F)cn1. The first kappa shape index (κ1) is 14.5. The van der Waals surface area contributed by atoms with Crippen LogP contribution < -0.4 is 5.32 Å². The van der Waals surface area contributed by atoms with Gasteiger partial charge in [-0.2, -0.15) is 18.3 Å². The Morgan fingerprint density at radius 3 is 2.55 bits per heavy atom. The van der Waals surface area contributed by atoms with Gasteiger partial charge in [0.15, 0.2) is 0 Å². The van der Waals surface area contributed by atoms with Gasteiger partial charge in [0.1, 0.15) is 11.5 Å². The molecule has 2 aromatic rings. The van der Waals surface area contributed by atoms with E-state index < -0.39 is 17.6 Å². The standard InChI is InChI=1S/C13H13F4N3/c1-8(18-2)10-4-3-5-11(14)12(10)20-7-9(6-19-20)13(15,16)17/h3-8,18H,1-2H3. The van der Waals surface area contributed by atoms with Gasteiger partial charge in [-0.25, -0.2) is 9.07 Å². The molecule has 20 heavy (non-hydrogen) atoms. The second kappa shape index (κ2) is 5.24. The van der Waals surface area contributed by atoms with Crippen LogP contribution in [0, 0.1) is 5.82 Å². The fraction of sp³-hybridized carbons (Fsp3) is 0.308. The van der Waals surface area contributed by atoms with Gasteiger partial charge in [0.2, 0.25) is 0 Å². The van der Waals surface area contributed by atoms with Crippen LogP contribution in [0.25, 0.3) is 5.69 Å². The summed E-state index contributed by atoms with van der Waals surface area (Å²) < 4.78 is 52.6. The van der Waals surface area contributed by atoms with Gasteiger partial charge in [0.05, 0.1) is 11.8 Å². The third-order valence-electron chi connectivity index (χ3n) is 3.06. The Morgan fingerprint density at radius 2 is 2.00 bits per heavy atom. The maximum Gasteiger partial charge on any atom is 0.419 e. The number of aromatic nitrogens is 2. The molecule has 1 heterocycles. The number of rotatable bonds is 3. The summed E-state index contributed by atoms with van der Waals surface area (Å²) in [6.45, 7) is 1.78. The molecule has 0 amide bonds. The number of halogens is 4. The molecular weight excluding hydrogens is 274 g/mol. The summed E-state index contributed by atoms with van der Waals surface area (Å²) in [5, 5.41) is 6.55. The number of nitrogens with one attached hydrogen (secondary N) is 1. The van der Waals surface area contributed by atoms with Crippen molar-refractivity contribution in [2.24, 2.45) is 0 Å². The van der Waals surface area contributed by atoms with Crippen molar-refractivity contribution in [3.8, 4) is 5.69 Å². The summed E-state index contributed by atoms with van der Waals surface area (Å²) in [7, 11) is 1.68. The average Bonchev–Trinajstić information content (AvgIpc) is 2.86. The molecule has 0 radical (unpaired) electrons. The Bertz CT molecular complexity index is 604. The number of benzene rings is 1. The van der Waals surface area contributed by atoms with Crippen LogP contribution in [0.15, 0.2) is 30.6 Å². The number of para-hydroxylation sites is 1. The van der Waals surface area contributed by atoms with Crippen molar-refractivity contribution in [3.05, 3.63) is 47.5 Å². The van der Waals surface area contributed by atoms with Gasteiger partial charge in [-0.05, 0) is 25.6 Å². The van der Waals surface area contributed by atoms with Gasteiger partial charge in [0.25, 0.3) is 0 Å². The molecule has 1 aromatic carbocycles. The first-order valence-electron chi connectivity index (χ1n) is 5.92. The molecule has 3 nitrogen and oxygen atoms in total. The summed E-state index contributed by atoms with van der Waals surface area (Å²) >= 11 is 0. The number of nitrogens with zero attached hydrogens (tertiary/aromatic N) is 2. The Balaban J connectivity index is 2.55. The van der Waals surface area contributed by atoms with Crippen LogP contribution in [0.5, 0.6) is 0 Å². The lowest BCUT2D eigenvalue weighted by molar-refractivity contribution is -0.137. The van der Waals surface area contributed by atoms with Gasteiger partial charge >= 0.3 is 6.18 Å². The van der Waals surface area contributed by atoms with E-state index in [-0.39, 0.29) is 11.7 Å². The molecule has 0 aliphatic rings. The lowest BCUT2D eigenvalue weighted by Gasteiger charge is -2.16. The molecule has 1 aromatic heterocycles. The van der Waals surface area contributed by atoms with E-state index in [1.807, 2.05) is 0 Å². The van der Waals surface area contributed by atoms with Crippen molar-refractivity contribution in [2.75, 3.05) is 7.05 Å². The highest BCUT2D eigenvalue weighted by molar-refractivity contribution is 5.44. The van der Waals surface area contributed by atoms with E-state index in [1.54, 1.807) is 20.0 Å². The predicted molar refractivity (Wildman–Crippen MR) is 66.0 cm³/mol. The Morgan fingerprint density at radius 1 is 1.30 bits per heavy atom. The molecule has 7 heteroatoms. The van der Waals surface area contributed by atoms with Crippen LogP contribution in [0.2, 0.25) is 0 Å². The molecule has 108 valence electrons. The zero-order valence-electron chi connectivity index (χ0n) is 10.9. The van der Waals surface area contributed by atoms with Crippen molar-refractivity contribution in [1.29, 1.82) is 0 Å². The van der Waals surface area contributed by atoms with Gasteiger partial charge in [0, 0.05) is 12.2 Å². The maximum absolute atomic E-state index is 14.0. The van der Waals surface area contributed by atoms with E-state index in [1.165, 1.54) is 12.1 Å². The first-order chi connectivity index (χ1) is 9.34. The van der Waals surface area contributed by atoms with E-state index in [4.69, 9.17) is 0 Å². The minimum Gasteiger partial charge on any atom is -0.313 e. The van der Waals surface area contributed by atoms with Gasteiger partial charge in [-0.3, -0.25) is 0 Å². The van der Waals surface area contributed by atoms with Gasteiger partial charge in [-0.1, -0.05) is 12.1 Å². The molecule has 0 aliphatic heterocycles. The summed E-state index contributed by atoms with van der Waals surface area (Å²) in [4.78, 5) is 0. The van der Waals surface area contributed by atoms with E-state index >= 15 is 0 Å². The predicted octanol–water partition coefficient (Wildman–Crippen LogP) is 3.31. The fourth-order valence-corrected chi connectivity index (χ4v) is 1.87. The molecule has 1 unspecified atom stereocenters. The molecule has 0 spiro atoms. The second-order valence-electron chi connectivity index (χ2n) is 4.36. The monoisotopic (exact) mass is 287 g/mol. The zero-order valence-corrected chi connectivity index (χ0v) is 10.9. The van der Waals surface area contributed by atoms with Crippen LogP contribution in [-0.4, -0.2) is 16.8 Å². The number of hydrogen-bond donors (Lipinski definition) is 1. The molecular formula is C13H13F4N3. The molecule has 0 bridgehead atoms. The van der Waals surface area contributed by atoms with Crippen molar-refractivity contribution in [1.82, 2.24) is 15.1 Å². The quantitative estimate of drug-likeness (QED) is 0.878. The van der Waals surface area contributed by atoms with Crippen molar-refractivity contribution in [2.45, 2.75) is 19.1 Å². The summed E-state index contributed by atoms with van der Waals surface area (Å²) in [6.07, 6.45) is -3.04. The summed E-state index contributed by atoms with van der Waals surface area (Å²) in [6, 6.07) is 4.13. The highest BCUT2D eigenvalue weighted by atomic mass is 19.4. The third-order valence-corrected chi connectivity index (χ3v) is 3.06. The van der Waals surface area contributed by atoms with E-state index in [9.17, 15) is 17.6 Å². The molecule has 2 rings (SSSR count). The van der Waals surface area contributed by atoms with E-state index in [0.29, 0.717) is 11.8 Å². The van der Waals surface area contributed by atoms with Crippen LogP contribution >= 0.6 is 0 Å². The lowest BCUT2D eigenvalue weighted by atomic mass is 10.1. The zero-order chi connectivity index (χ0) is 14.9. The van der Waals surface area contributed by atoms with Gasteiger partial charge in [-0.15, -0.1) is 0 Å². The van der Waals surface area contributed by atoms with Crippen LogP contribution in [0.1, 0.15) is 24.1 Å². The maximum atomic E-state index is 14.0. The van der Waals surface area contributed by atoms with Crippen LogP contribution in [0.4, 0.5) is 17.6 Å². The second-order valence-corrected chi connectivity index (χ2v) is 4.36. The largest absolute Gasteiger partial charge is 0.419 e. The highest BCUT2D eigenvalue weighted by Gasteiger charge is 2.32. The van der Waals surface area contributed by atoms with Crippen molar-refractivity contribution in [3.63, 3.8) is 0 Å². The van der Waals surface area contributed by atoms with Crippen molar-refractivity contribution < 1.29 is 17.6 Å². The minimum atomic E-state index is -4.50. The van der Waals surface area contributed by atoms with Crippen LogP contribution in [-0.2, 0) is 6.18 Å². The third kappa shape index (κ3) is 2.67. The van der Waals surface area contributed by atoms with Gasteiger partial charge < -0.3 is 5.32 Å². The number of alkyl halides is 3. The number of hydrogen-bond acceptors (Lipinski definition) is 2. The Kier molecular flexibility index (Phi) is 3.80. The fourth-order valence-electron chi connectivity index (χ4n) is 1.87. The molecule has 1 N–H and O–H groups in total.